The molecule has 1 aromatic rings. The molecule has 78 valence electrons. The van der Waals surface area contributed by atoms with Gasteiger partial charge in [0.25, 0.3) is 0 Å². The number of nitrogens with zero attached hydrogens (tertiary/aromatic N) is 1. The topological polar surface area (TPSA) is 38.9 Å². The third-order valence-corrected chi connectivity index (χ3v) is 2.22. The molecule has 0 unspecified atom stereocenters. The van der Waals surface area contributed by atoms with Crippen LogP contribution in [0, 0.1) is 5.41 Å². The van der Waals surface area contributed by atoms with E-state index in [0.717, 1.165) is 12.0 Å². The van der Waals surface area contributed by atoms with Crippen LogP contribution >= 0.6 is 11.6 Å². The van der Waals surface area contributed by atoms with Crippen LogP contribution in [0.5, 0.6) is 0 Å². The molecule has 0 fully saturated rings. The standard InChI is InChI=1S/C11H17ClN2/c1-11(2,3)7-9(13)8-4-5-14-10(12)6-8/h4-6,9H,7,13H2,1-3H3/t9-/m1/s1. The summed E-state index contributed by atoms with van der Waals surface area (Å²) >= 11 is 5.79. The van der Waals surface area contributed by atoms with E-state index >= 15 is 0 Å². The maximum atomic E-state index is 6.06. The Morgan fingerprint density at radius 3 is 2.64 bits per heavy atom. The summed E-state index contributed by atoms with van der Waals surface area (Å²) in [5.74, 6) is 0. The molecule has 1 aromatic heterocycles. The highest BCUT2D eigenvalue weighted by Crippen LogP contribution is 2.27. The van der Waals surface area contributed by atoms with Gasteiger partial charge in [0.15, 0.2) is 0 Å². The van der Waals surface area contributed by atoms with Crippen LogP contribution in [0.25, 0.3) is 0 Å². The lowest BCUT2D eigenvalue weighted by Crippen LogP contribution is -2.18. The van der Waals surface area contributed by atoms with E-state index in [2.05, 4.69) is 25.8 Å². The van der Waals surface area contributed by atoms with Gasteiger partial charge >= 0.3 is 0 Å². The second-order valence-electron chi connectivity index (χ2n) is 4.78. The van der Waals surface area contributed by atoms with Crippen LogP contribution in [0.4, 0.5) is 0 Å². The van der Waals surface area contributed by atoms with E-state index in [-0.39, 0.29) is 11.5 Å². The average Bonchev–Trinajstić information content (AvgIpc) is 2.01. The van der Waals surface area contributed by atoms with Crippen molar-refractivity contribution in [1.82, 2.24) is 4.98 Å². The predicted octanol–water partition coefficient (Wildman–Crippen LogP) is 3.17. The molecule has 0 aliphatic rings. The minimum Gasteiger partial charge on any atom is -0.324 e. The Morgan fingerprint density at radius 2 is 2.14 bits per heavy atom. The minimum atomic E-state index is 0.0375. The summed E-state index contributed by atoms with van der Waals surface area (Å²) in [6, 6.07) is 3.79. The highest BCUT2D eigenvalue weighted by molar-refractivity contribution is 6.29. The van der Waals surface area contributed by atoms with Crippen molar-refractivity contribution in [3.63, 3.8) is 0 Å². The number of pyridine rings is 1. The molecule has 1 atom stereocenters. The summed E-state index contributed by atoms with van der Waals surface area (Å²) < 4.78 is 0. The summed E-state index contributed by atoms with van der Waals surface area (Å²) in [6.07, 6.45) is 2.63. The first kappa shape index (κ1) is 11.5. The van der Waals surface area contributed by atoms with Crippen LogP contribution in [-0.4, -0.2) is 4.98 Å². The Morgan fingerprint density at radius 1 is 1.50 bits per heavy atom. The summed E-state index contributed by atoms with van der Waals surface area (Å²) in [5.41, 5.74) is 7.35. The van der Waals surface area contributed by atoms with Gasteiger partial charge in [-0.2, -0.15) is 0 Å². The molecule has 0 bridgehead atoms. The van der Waals surface area contributed by atoms with Gasteiger partial charge in [0.05, 0.1) is 0 Å². The molecule has 0 amide bonds. The highest BCUT2D eigenvalue weighted by atomic mass is 35.5. The number of aromatic nitrogens is 1. The van der Waals surface area contributed by atoms with Crippen LogP contribution in [-0.2, 0) is 0 Å². The molecule has 0 aliphatic heterocycles. The lowest BCUT2D eigenvalue weighted by atomic mass is 9.86. The maximum Gasteiger partial charge on any atom is 0.129 e. The summed E-state index contributed by atoms with van der Waals surface area (Å²) in [6.45, 7) is 6.53. The summed E-state index contributed by atoms with van der Waals surface area (Å²) in [5, 5.41) is 0.506. The molecule has 2 N–H and O–H groups in total. The fraction of sp³-hybridized carbons (Fsp3) is 0.545. The van der Waals surface area contributed by atoms with Gasteiger partial charge in [-0.05, 0) is 29.5 Å². The van der Waals surface area contributed by atoms with Crippen LogP contribution in [0.15, 0.2) is 18.3 Å². The Bertz CT molecular complexity index is 304. The Balaban J connectivity index is 2.74. The predicted molar refractivity (Wildman–Crippen MR) is 60.2 cm³/mol. The van der Waals surface area contributed by atoms with Crippen molar-refractivity contribution in [1.29, 1.82) is 0 Å². The van der Waals surface area contributed by atoms with Crippen LogP contribution < -0.4 is 5.73 Å². The Hall–Kier alpha value is -0.600. The first-order chi connectivity index (χ1) is 6.38. The zero-order valence-corrected chi connectivity index (χ0v) is 9.67. The van der Waals surface area contributed by atoms with Gasteiger partial charge in [-0.1, -0.05) is 32.4 Å². The Labute approximate surface area is 90.5 Å². The van der Waals surface area contributed by atoms with E-state index in [0.29, 0.717) is 5.15 Å². The first-order valence-electron chi connectivity index (χ1n) is 4.75. The van der Waals surface area contributed by atoms with Crippen molar-refractivity contribution in [2.75, 3.05) is 0 Å². The maximum absolute atomic E-state index is 6.06. The van der Waals surface area contributed by atoms with E-state index < -0.39 is 0 Å². The fourth-order valence-electron chi connectivity index (χ4n) is 1.43. The van der Waals surface area contributed by atoms with Crippen molar-refractivity contribution in [2.45, 2.75) is 33.2 Å². The van der Waals surface area contributed by atoms with E-state index in [1.807, 2.05) is 12.1 Å². The lowest BCUT2D eigenvalue weighted by Gasteiger charge is -2.23. The van der Waals surface area contributed by atoms with Crippen molar-refractivity contribution >= 4 is 11.6 Å². The summed E-state index contributed by atoms with van der Waals surface area (Å²) in [4.78, 5) is 3.93. The zero-order chi connectivity index (χ0) is 10.8. The van der Waals surface area contributed by atoms with Gasteiger partial charge in [-0.15, -0.1) is 0 Å². The molecule has 3 heteroatoms. The van der Waals surface area contributed by atoms with Crippen molar-refractivity contribution < 1.29 is 0 Å². The second-order valence-corrected chi connectivity index (χ2v) is 5.17. The number of hydrogen-bond acceptors (Lipinski definition) is 2. The third kappa shape index (κ3) is 3.64. The zero-order valence-electron chi connectivity index (χ0n) is 8.92. The molecule has 1 rings (SSSR count). The van der Waals surface area contributed by atoms with Crippen LogP contribution in [0.3, 0.4) is 0 Å². The highest BCUT2D eigenvalue weighted by Gasteiger charge is 2.17. The SMILES string of the molecule is CC(C)(C)C[C@@H](N)c1ccnc(Cl)c1. The molecular formula is C11H17ClN2. The molecule has 0 radical (unpaired) electrons. The van der Waals surface area contributed by atoms with Crippen LogP contribution in [0.1, 0.15) is 38.8 Å². The first-order valence-corrected chi connectivity index (χ1v) is 5.13. The largest absolute Gasteiger partial charge is 0.324 e. The number of nitrogens with two attached hydrogens (primary N) is 1. The number of rotatable bonds is 2. The van der Waals surface area contributed by atoms with E-state index in [1.54, 1.807) is 6.20 Å². The van der Waals surface area contributed by atoms with Gasteiger partial charge in [-0.25, -0.2) is 4.98 Å². The van der Waals surface area contributed by atoms with E-state index in [9.17, 15) is 0 Å². The van der Waals surface area contributed by atoms with Gasteiger partial charge in [0.1, 0.15) is 5.15 Å². The molecule has 1 heterocycles. The van der Waals surface area contributed by atoms with Crippen molar-refractivity contribution in [3.05, 3.63) is 29.0 Å². The van der Waals surface area contributed by atoms with Crippen molar-refractivity contribution in [3.8, 4) is 0 Å². The molecule has 14 heavy (non-hydrogen) atoms. The second kappa shape index (κ2) is 4.28. The minimum absolute atomic E-state index is 0.0375. The fourth-order valence-corrected chi connectivity index (χ4v) is 1.61. The number of hydrogen-bond donors (Lipinski definition) is 1. The smallest absolute Gasteiger partial charge is 0.129 e. The number of halogens is 1. The van der Waals surface area contributed by atoms with Crippen LogP contribution in [0.2, 0.25) is 5.15 Å². The normalized spacial score (nSPS) is 14.1. The van der Waals surface area contributed by atoms with Gasteiger partial charge in [0, 0.05) is 12.2 Å². The monoisotopic (exact) mass is 212 g/mol. The molecule has 0 saturated heterocycles. The molecular weight excluding hydrogens is 196 g/mol. The molecule has 2 nitrogen and oxygen atoms in total. The van der Waals surface area contributed by atoms with E-state index in [1.165, 1.54) is 0 Å². The lowest BCUT2D eigenvalue weighted by molar-refractivity contribution is 0.342. The average molecular weight is 213 g/mol. The molecule has 0 saturated carbocycles. The quantitative estimate of drug-likeness (QED) is 0.765. The van der Waals surface area contributed by atoms with Gasteiger partial charge in [0.2, 0.25) is 0 Å². The molecule has 0 aromatic carbocycles. The molecule has 0 aliphatic carbocycles. The third-order valence-electron chi connectivity index (χ3n) is 2.01. The molecule has 0 spiro atoms. The van der Waals surface area contributed by atoms with Crippen molar-refractivity contribution in [2.24, 2.45) is 11.1 Å². The van der Waals surface area contributed by atoms with Gasteiger partial charge in [-0.3, -0.25) is 0 Å². The summed E-state index contributed by atoms with van der Waals surface area (Å²) in [7, 11) is 0. The van der Waals surface area contributed by atoms with Gasteiger partial charge < -0.3 is 5.73 Å². The Kier molecular flexibility index (Phi) is 3.51. The van der Waals surface area contributed by atoms with E-state index in [4.69, 9.17) is 17.3 Å².